The highest BCUT2D eigenvalue weighted by atomic mass is 16.5. The van der Waals surface area contributed by atoms with Gasteiger partial charge in [-0.25, -0.2) is 0 Å². The van der Waals surface area contributed by atoms with Crippen LogP contribution in [0.25, 0.3) is 0 Å². The molecule has 4 heteroatoms. The van der Waals surface area contributed by atoms with Crippen molar-refractivity contribution in [3.8, 4) is 0 Å². The third-order valence-corrected chi connectivity index (χ3v) is 1.82. The van der Waals surface area contributed by atoms with Crippen LogP contribution in [-0.4, -0.2) is 63.7 Å². The lowest BCUT2D eigenvalue weighted by Crippen LogP contribution is -2.29. The Kier molecular flexibility index (Phi) is 6.49. The van der Waals surface area contributed by atoms with Crippen molar-refractivity contribution in [2.24, 2.45) is 5.92 Å². The maximum absolute atomic E-state index is 11.4. The Balaban J connectivity index is 3.62. The van der Waals surface area contributed by atoms with Crippen molar-refractivity contribution >= 4 is 5.97 Å². The molecule has 0 aliphatic rings. The summed E-state index contributed by atoms with van der Waals surface area (Å²) in [6.07, 6.45) is 0. The number of ether oxygens (including phenoxy) is 1. The van der Waals surface area contributed by atoms with Gasteiger partial charge in [0.2, 0.25) is 0 Å². The van der Waals surface area contributed by atoms with Crippen LogP contribution < -0.4 is 0 Å². The van der Waals surface area contributed by atoms with E-state index in [0.29, 0.717) is 6.61 Å². The first-order valence-electron chi connectivity index (χ1n) is 4.89. The second-order valence-corrected chi connectivity index (χ2v) is 4.13. The minimum absolute atomic E-state index is 0.0489. The molecule has 0 aromatic rings. The summed E-state index contributed by atoms with van der Waals surface area (Å²) in [4.78, 5) is 15.4. The third kappa shape index (κ3) is 6.86. The molecule has 0 saturated heterocycles. The number of esters is 1. The molecule has 0 rings (SSSR count). The van der Waals surface area contributed by atoms with E-state index in [-0.39, 0.29) is 11.9 Å². The van der Waals surface area contributed by atoms with Gasteiger partial charge in [-0.2, -0.15) is 0 Å². The van der Waals surface area contributed by atoms with Crippen molar-refractivity contribution in [3.63, 3.8) is 0 Å². The van der Waals surface area contributed by atoms with Crippen molar-refractivity contribution < 1.29 is 9.53 Å². The minimum Gasteiger partial charge on any atom is -0.464 e. The highest BCUT2D eigenvalue weighted by molar-refractivity contribution is 5.72. The van der Waals surface area contributed by atoms with E-state index in [1.54, 1.807) is 0 Å². The Hall–Kier alpha value is -0.610. The van der Waals surface area contributed by atoms with Crippen LogP contribution in [0.5, 0.6) is 0 Å². The lowest BCUT2D eigenvalue weighted by Gasteiger charge is -2.16. The topological polar surface area (TPSA) is 32.8 Å². The average Bonchev–Trinajstić information content (AvgIpc) is 2.01. The molecule has 0 fully saturated rings. The molecule has 0 saturated carbocycles. The zero-order valence-electron chi connectivity index (χ0n) is 9.91. The van der Waals surface area contributed by atoms with Gasteiger partial charge in [0.1, 0.15) is 6.61 Å². The van der Waals surface area contributed by atoms with Gasteiger partial charge in [0.05, 0.1) is 5.92 Å². The monoisotopic (exact) mass is 202 g/mol. The van der Waals surface area contributed by atoms with Gasteiger partial charge in [0.15, 0.2) is 0 Å². The van der Waals surface area contributed by atoms with Gasteiger partial charge in [0.25, 0.3) is 0 Å². The van der Waals surface area contributed by atoms with Gasteiger partial charge < -0.3 is 14.5 Å². The fourth-order valence-electron chi connectivity index (χ4n) is 1.09. The Morgan fingerprint density at radius 1 is 1.21 bits per heavy atom. The van der Waals surface area contributed by atoms with Crippen LogP contribution in [0.1, 0.15) is 6.92 Å². The largest absolute Gasteiger partial charge is 0.464 e. The second kappa shape index (κ2) is 6.79. The first-order chi connectivity index (χ1) is 6.43. The van der Waals surface area contributed by atoms with Gasteiger partial charge >= 0.3 is 5.97 Å². The van der Waals surface area contributed by atoms with E-state index in [0.717, 1.165) is 13.1 Å². The van der Waals surface area contributed by atoms with Crippen LogP contribution in [-0.2, 0) is 9.53 Å². The molecule has 0 aromatic heterocycles. The summed E-state index contributed by atoms with van der Waals surface area (Å²) in [6, 6.07) is 0. The Morgan fingerprint density at radius 3 is 2.21 bits per heavy atom. The van der Waals surface area contributed by atoms with Crippen LogP contribution >= 0.6 is 0 Å². The molecular formula is C10H22N2O2. The first-order valence-corrected chi connectivity index (χ1v) is 4.89. The van der Waals surface area contributed by atoms with E-state index >= 15 is 0 Å². The van der Waals surface area contributed by atoms with E-state index in [1.807, 2.05) is 44.9 Å². The SMILES string of the molecule is CC(CN(C)C)C(=O)OCCN(C)C. The molecule has 0 N–H and O–H groups in total. The van der Waals surface area contributed by atoms with Gasteiger partial charge in [-0.3, -0.25) is 4.79 Å². The molecular weight excluding hydrogens is 180 g/mol. The summed E-state index contributed by atoms with van der Waals surface area (Å²) in [5.74, 6) is -0.160. The molecule has 0 bridgehead atoms. The smallest absolute Gasteiger partial charge is 0.309 e. The van der Waals surface area contributed by atoms with E-state index in [9.17, 15) is 4.79 Å². The number of likely N-dealkylation sites (N-methyl/N-ethyl adjacent to an activating group) is 1. The van der Waals surface area contributed by atoms with Crippen molar-refractivity contribution in [1.29, 1.82) is 0 Å². The molecule has 0 heterocycles. The lowest BCUT2D eigenvalue weighted by atomic mass is 10.2. The highest BCUT2D eigenvalue weighted by Gasteiger charge is 2.14. The summed E-state index contributed by atoms with van der Waals surface area (Å²) in [5.41, 5.74) is 0. The molecule has 0 spiro atoms. The normalized spacial score (nSPS) is 13.4. The molecule has 0 amide bonds. The van der Waals surface area contributed by atoms with E-state index in [4.69, 9.17) is 4.74 Å². The van der Waals surface area contributed by atoms with Crippen molar-refractivity contribution in [3.05, 3.63) is 0 Å². The van der Waals surface area contributed by atoms with Gasteiger partial charge in [0, 0.05) is 13.1 Å². The second-order valence-electron chi connectivity index (χ2n) is 4.13. The van der Waals surface area contributed by atoms with Gasteiger partial charge in [-0.1, -0.05) is 6.92 Å². The summed E-state index contributed by atoms with van der Waals surface area (Å²) in [7, 11) is 7.81. The lowest BCUT2D eigenvalue weighted by molar-refractivity contribution is -0.148. The Labute approximate surface area is 86.8 Å². The average molecular weight is 202 g/mol. The highest BCUT2D eigenvalue weighted by Crippen LogP contribution is 1.99. The molecule has 1 atom stereocenters. The quantitative estimate of drug-likeness (QED) is 0.580. The molecule has 1 unspecified atom stereocenters. The molecule has 0 aliphatic carbocycles. The van der Waals surface area contributed by atoms with Crippen molar-refractivity contribution in [1.82, 2.24) is 9.80 Å². The van der Waals surface area contributed by atoms with E-state index in [2.05, 4.69) is 0 Å². The molecule has 4 nitrogen and oxygen atoms in total. The van der Waals surface area contributed by atoms with E-state index in [1.165, 1.54) is 0 Å². The molecule has 0 aliphatic heterocycles. The van der Waals surface area contributed by atoms with Crippen LogP contribution in [0.4, 0.5) is 0 Å². The fraction of sp³-hybridized carbons (Fsp3) is 0.900. The zero-order valence-corrected chi connectivity index (χ0v) is 9.91. The number of carbonyl (C=O) groups excluding carboxylic acids is 1. The number of rotatable bonds is 6. The summed E-state index contributed by atoms with van der Waals surface area (Å²) >= 11 is 0. The van der Waals surface area contributed by atoms with Crippen molar-refractivity contribution in [2.75, 3.05) is 47.9 Å². The van der Waals surface area contributed by atoms with Crippen LogP contribution in [0.2, 0.25) is 0 Å². The zero-order chi connectivity index (χ0) is 11.1. The summed E-state index contributed by atoms with van der Waals surface area (Å²) < 4.78 is 5.11. The number of carbonyl (C=O) groups is 1. The fourth-order valence-corrected chi connectivity index (χ4v) is 1.09. The van der Waals surface area contributed by atoms with Gasteiger partial charge in [-0.05, 0) is 28.2 Å². The maximum Gasteiger partial charge on any atom is 0.309 e. The third-order valence-electron chi connectivity index (χ3n) is 1.82. The molecule has 14 heavy (non-hydrogen) atoms. The first kappa shape index (κ1) is 13.4. The Bertz CT molecular complexity index is 170. The van der Waals surface area contributed by atoms with Crippen LogP contribution in [0.15, 0.2) is 0 Å². The van der Waals surface area contributed by atoms with Crippen LogP contribution in [0, 0.1) is 5.92 Å². The minimum atomic E-state index is -0.111. The molecule has 84 valence electrons. The predicted octanol–water partition coefficient (Wildman–Crippen LogP) is 0.289. The van der Waals surface area contributed by atoms with Crippen LogP contribution in [0.3, 0.4) is 0 Å². The molecule has 0 radical (unpaired) electrons. The standard InChI is InChI=1S/C10H22N2O2/c1-9(8-12(4)5)10(13)14-7-6-11(2)3/h9H,6-8H2,1-5H3. The Morgan fingerprint density at radius 2 is 1.79 bits per heavy atom. The maximum atomic E-state index is 11.4. The number of nitrogens with zero attached hydrogens (tertiary/aromatic N) is 2. The van der Waals surface area contributed by atoms with Gasteiger partial charge in [-0.15, -0.1) is 0 Å². The summed E-state index contributed by atoms with van der Waals surface area (Å²) in [6.45, 7) is 3.88. The number of hydrogen-bond donors (Lipinski definition) is 0. The molecule has 0 aromatic carbocycles. The van der Waals surface area contributed by atoms with E-state index < -0.39 is 0 Å². The summed E-state index contributed by atoms with van der Waals surface area (Å²) in [5, 5.41) is 0. The predicted molar refractivity (Wildman–Crippen MR) is 57.2 cm³/mol. The number of hydrogen-bond acceptors (Lipinski definition) is 4. The van der Waals surface area contributed by atoms with Crippen molar-refractivity contribution in [2.45, 2.75) is 6.92 Å².